The third-order valence-corrected chi connectivity index (χ3v) is 2.79. The zero-order valence-electron chi connectivity index (χ0n) is 11.8. The van der Waals surface area contributed by atoms with E-state index in [4.69, 9.17) is 0 Å². The molecule has 0 aromatic carbocycles. The highest BCUT2D eigenvalue weighted by molar-refractivity contribution is 5.44. The van der Waals surface area contributed by atoms with Crippen LogP contribution in [-0.4, -0.2) is 30.1 Å². The summed E-state index contributed by atoms with van der Waals surface area (Å²) in [7, 11) is 1.89. The van der Waals surface area contributed by atoms with Crippen LogP contribution in [0.15, 0.2) is 6.07 Å². The Labute approximate surface area is 104 Å². The average Bonchev–Trinajstić information content (AvgIpc) is 2.29. The van der Waals surface area contributed by atoms with E-state index in [0.717, 1.165) is 30.5 Å². The maximum Gasteiger partial charge on any atom is 0.227 e. The normalized spacial score (nSPS) is 11.4. The molecule has 0 fully saturated rings. The summed E-state index contributed by atoms with van der Waals surface area (Å²) in [6.07, 6.45) is 0. The molecule has 4 nitrogen and oxygen atoms in total. The van der Waals surface area contributed by atoms with E-state index in [1.807, 2.05) is 13.1 Å². The first-order valence-electron chi connectivity index (χ1n) is 6.24. The van der Waals surface area contributed by atoms with Crippen LogP contribution in [0.4, 0.5) is 11.8 Å². The van der Waals surface area contributed by atoms with Crippen molar-refractivity contribution in [2.75, 3.05) is 30.4 Å². The summed E-state index contributed by atoms with van der Waals surface area (Å²) in [6.45, 7) is 12.6. The first-order chi connectivity index (χ1) is 7.92. The number of hydrogen-bond donors (Lipinski definition) is 1. The van der Waals surface area contributed by atoms with Crippen molar-refractivity contribution in [3.8, 4) is 0 Å². The van der Waals surface area contributed by atoms with Gasteiger partial charge in [0.2, 0.25) is 5.95 Å². The molecule has 0 aliphatic rings. The van der Waals surface area contributed by atoms with Gasteiger partial charge < -0.3 is 10.2 Å². The predicted octanol–water partition coefficient (Wildman–Crippen LogP) is 2.66. The molecule has 0 saturated carbocycles. The van der Waals surface area contributed by atoms with E-state index in [1.165, 1.54) is 0 Å². The highest BCUT2D eigenvalue weighted by Crippen LogP contribution is 2.24. The number of rotatable bonds is 4. The van der Waals surface area contributed by atoms with Crippen LogP contribution < -0.4 is 10.2 Å². The summed E-state index contributed by atoms with van der Waals surface area (Å²) in [6, 6.07) is 2.02. The highest BCUT2D eigenvalue weighted by atomic mass is 15.3. The molecular weight excluding hydrogens is 212 g/mol. The number of hydrogen-bond acceptors (Lipinski definition) is 4. The lowest BCUT2D eigenvalue weighted by Crippen LogP contribution is -2.26. The van der Waals surface area contributed by atoms with Gasteiger partial charge in [0, 0.05) is 31.6 Å². The molecule has 0 bridgehead atoms. The molecule has 1 aromatic rings. The highest BCUT2D eigenvalue weighted by Gasteiger charge is 2.19. The van der Waals surface area contributed by atoms with Gasteiger partial charge >= 0.3 is 0 Å². The second kappa shape index (κ2) is 5.34. The predicted molar refractivity (Wildman–Crippen MR) is 73.8 cm³/mol. The van der Waals surface area contributed by atoms with Crippen molar-refractivity contribution >= 4 is 11.8 Å². The summed E-state index contributed by atoms with van der Waals surface area (Å²) in [4.78, 5) is 11.3. The molecule has 0 atom stereocenters. The Kier molecular flexibility index (Phi) is 4.32. The van der Waals surface area contributed by atoms with Gasteiger partial charge in [-0.3, -0.25) is 0 Å². The molecule has 1 rings (SSSR count). The fraction of sp³-hybridized carbons (Fsp3) is 0.692. The van der Waals surface area contributed by atoms with E-state index in [9.17, 15) is 0 Å². The Balaban J connectivity index is 3.22. The molecule has 0 radical (unpaired) electrons. The summed E-state index contributed by atoms with van der Waals surface area (Å²) in [5, 5.41) is 3.11. The Bertz CT molecular complexity index is 364. The van der Waals surface area contributed by atoms with Gasteiger partial charge in [-0.25, -0.2) is 4.98 Å². The van der Waals surface area contributed by atoms with Gasteiger partial charge in [-0.15, -0.1) is 0 Å². The largest absolute Gasteiger partial charge is 0.373 e. The molecule has 96 valence electrons. The number of anilines is 2. The van der Waals surface area contributed by atoms with Crippen LogP contribution in [-0.2, 0) is 5.41 Å². The monoisotopic (exact) mass is 236 g/mol. The molecule has 0 spiro atoms. The second-order valence-electron chi connectivity index (χ2n) is 5.11. The Morgan fingerprint density at radius 2 is 1.76 bits per heavy atom. The second-order valence-corrected chi connectivity index (χ2v) is 5.11. The van der Waals surface area contributed by atoms with Gasteiger partial charge in [-0.1, -0.05) is 20.8 Å². The van der Waals surface area contributed by atoms with Crippen LogP contribution in [0.25, 0.3) is 0 Å². The van der Waals surface area contributed by atoms with Crippen LogP contribution in [0, 0.1) is 0 Å². The van der Waals surface area contributed by atoms with Crippen molar-refractivity contribution in [2.45, 2.75) is 40.0 Å². The molecule has 17 heavy (non-hydrogen) atoms. The van der Waals surface area contributed by atoms with E-state index in [1.54, 1.807) is 0 Å². The molecule has 0 amide bonds. The van der Waals surface area contributed by atoms with Crippen molar-refractivity contribution < 1.29 is 0 Å². The van der Waals surface area contributed by atoms with E-state index < -0.39 is 0 Å². The van der Waals surface area contributed by atoms with Crippen molar-refractivity contribution in [1.82, 2.24) is 9.97 Å². The lowest BCUT2D eigenvalue weighted by Gasteiger charge is -2.24. The van der Waals surface area contributed by atoms with Gasteiger partial charge in [0.25, 0.3) is 0 Å². The molecule has 1 N–H and O–H groups in total. The minimum absolute atomic E-state index is 0.0381. The first kappa shape index (κ1) is 13.7. The molecule has 0 aliphatic carbocycles. The van der Waals surface area contributed by atoms with Crippen LogP contribution in [0.1, 0.15) is 40.3 Å². The van der Waals surface area contributed by atoms with E-state index in [-0.39, 0.29) is 5.41 Å². The minimum Gasteiger partial charge on any atom is -0.373 e. The van der Waals surface area contributed by atoms with E-state index in [2.05, 4.69) is 54.8 Å². The Morgan fingerprint density at radius 1 is 1.18 bits per heavy atom. The van der Waals surface area contributed by atoms with Gasteiger partial charge in [-0.05, 0) is 13.8 Å². The lowest BCUT2D eigenvalue weighted by molar-refractivity contribution is 0.566. The quantitative estimate of drug-likeness (QED) is 0.872. The summed E-state index contributed by atoms with van der Waals surface area (Å²) in [5.41, 5.74) is 1.11. The third-order valence-electron chi connectivity index (χ3n) is 2.79. The zero-order chi connectivity index (χ0) is 13.1. The van der Waals surface area contributed by atoms with Gasteiger partial charge in [0.15, 0.2) is 0 Å². The van der Waals surface area contributed by atoms with Crippen molar-refractivity contribution in [3.05, 3.63) is 11.8 Å². The lowest BCUT2D eigenvalue weighted by atomic mass is 9.92. The van der Waals surface area contributed by atoms with Crippen LogP contribution in [0.5, 0.6) is 0 Å². The fourth-order valence-corrected chi connectivity index (χ4v) is 1.59. The van der Waals surface area contributed by atoms with Gasteiger partial charge in [-0.2, -0.15) is 4.98 Å². The molecule has 0 saturated heterocycles. The standard InChI is InChI=1S/C13H24N4/c1-7-17(8-2)12-15-10(13(3,4)5)9-11(14-6)16-12/h9H,7-8H2,1-6H3,(H,14,15,16). The Hall–Kier alpha value is -1.32. The van der Waals surface area contributed by atoms with Crippen molar-refractivity contribution in [3.63, 3.8) is 0 Å². The maximum atomic E-state index is 4.67. The van der Waals surface area contributed by atoms with Crippen LogP contribution in [0.2, 0.25) is 0 Å². The maximum absolute atomic E-state index is 4.67. The third kappa shape index (κ3) is 3.32. The van der Waals surface area contributed by atoms with E-state index in [0.29, 0.717) is 0 Å². The summed E-state index contributed by atoms with van der Waals surface area (Å²) >= 11 is 0. The number of nitrogens with one attached hydrogen (secondary N) is 1. The summed E-state index contributed by atoms with van der Waals surface area (Å²) < 4.78 is 0. The van der Waals surface area contributed by atoms with Crippen LogP contribution in [0.3, 0.4) is 0 Å². The average molecular weight is 236 g/mol. The molecular formula is C13H24N4. The molecule has 1 aromatic heterocycles. The van der Waals surface area contributed by atoms with Gasteiger partial charge in [0.1, 0.15) is 5.82 Å². The SMILES string of the molecule is CCN(CC)c1nc(NC)cc(C(C)(C)C)n1. The first-order valence-corrected chi connectivity index (χ1v) is 6.24. The van der Waals surface area contributed by atoms with Gasteiger partial charge in [0.05, 0.1) is 5.69 Å². The molecule has 0 unspecified atom stereocenters. The Morgan fingerprint density at radius 3 is 2.18 bits per heavy atom. The minimum atomic E-state index is 0.0381. The molecule has 0 aliphatic heterocycles. The van der Waals surface area contributed by atoms with E-state index >= 15 is 0 Å². The number of nitrogens with zero attached hydrogens (tertiary/aromatic N) is 3. The van der Waals surface area contributed by atoms with Crippen LogP contribution >= 0.6 is 0 Å². The number of aromatic nitrogens is 2. The molecule has 1 heterocycles. The fourth-order valence-electron chi connectivity index (χ4n) is 1.59. The summed E-state index contributed by atoms with van der Waals surface area (Å²) in [5.74, 6) is 1.69. The zero-order valence-corrected chi connectivity index (χ0v) is 11.8. The van der Waals surface area contributed by atoms with Crippen molar-refractivity contribution in [1.29, 1.82) is 0 Å². The molecule has 4 heteroatoms. The topological polar surface area (TPSA) is 41.1 Å². The smallest absolute Gasteiger partial charge is 0.227 e. The van der Waals surface area contributed by atoms with Crippen molar-refractivity contribution in [2.24, 2.45) is 0 Å².